The van der Waals surface area contributed by atoms with Crippen molar-refractivity contribution in [2.24, 2.45) is 11.7 Å². The van der Waals surface area contributed by atoms with Crippen LogP contribution in [-0.4, -0.2) is 23.4 Å². The number of hydrogen-bond acceptors (Lipinski definition) is 3. The Morgan fingerprint density at radius 3 is 2.80 bits per heavy atom. The minimum absolute atomic E-state index is 0.0147. The molecule has 3 nitrogen and oxygen atoms in total. The van der Waals surface area contributed by atoms with Gasteiger partial charge in [-0.15, -0.1) is 11.3 Å². The first-order valence-electron chi connectivity index (χ1n) is 7.40. The summed E-state index contributed by atoms with van der Waals surface area (Å²) in [5.41, 5.74) is 6.22. The number of hydrogen-bond donors (Lipinski definition) is 1. The van der Waals surface area contributed by atoms with E-state index in [9.17, 15) is 4.79 Å². The highest BCUT2D eigenvalue weighted by Gasteiger charge is 2.30. The molecule has 1 amide bonds. The van der Waals surface area contributed by atoms with E-state index in [-0.39, 0.29) is 17.9 Å². The van der Waals surface area contributed by atoms with Crippen molar-refractivity contribution >= 4 is 33.2 Å². The number of nitrogens with two attached hydrogens (primary N) is 1. The van der Waals surface area contributed by atoms with E-state index < -0.39 is 0 Å². The SMILES string of the molecule is CCN(Cc1ccc(Br)s1)C(=O)C1CCCCCC1N. The number of nitrogens with zero attached hydrogens (tertiary/aromatic N) is 1. The van der Waals surface area contributed by atoms with Crippen molar-refractivity contribution in [3.05, 3.63) is 20.8 Å². The first kappa shape index (κ1) is 16.0. The van der Waals surface area contributed by atoms with E-state index in [0.29, 0.717) is 6.54 Å². The van der Waals surface area contributed by atoms with Crippen LogP contribution < -0.4 is 5.73 Å². The fourth-order valence-corrected chi connectivity index (χ4v) is 4.35. The summed E-state index contributed by atoms with van der Waals surface area (Å²) < 4.78 is 1.11. The third-order valence-corrected chi connectivity index (χ3v) is 5.66. The van der Waals surface area contributed by atoms with Crippen molar-refractivity contribution in [1.82, 2.24) is 4.90 Å². The molecule has 1 fully saturated rings. The molecule has 1 aliphatic rings. The number of amides is 1. The van der Waals surface area contributed by atoms with Gasteiger partial charge in [0, 0.05) is 17.5 Å². The lowest BCUT2D eigenvalue weighted by molar-refractivity contribution is -0.136. The molecule has 1 aromatic heterocycles. The fourth-order valence-electron chi connectivity index (χ4n) is 2.85. The minimum Gasteiger partial charge on any atom is -0.338 e. The van der Waals surface area contributed by atoms with Crippen molar-refractivity contribution in [3.8, 4) is 0 Å². The van der Waals surface area contributed by atoms with E-state index in [1.165, 1.54) is 11.3 Å². The van der Waals surface area contributed by atoms with Crippen LogP contribution in [0.3, 0.4) is 0 Å². The van der Waals surface area contributed by atoms with E-state index in [1.807, 2.05) is 17.9 Å². The van der Waals surface area contributed by atoms with Gasteiger partial charge in [0.2, 0.25) is 5.91 Å². The lowest BCUT2D eigenvalue weighted by Gasteiger charge is -2.28. The molecule has 1 aromatic rings. The smallest absolute Gasteiger partial charge is 0.227 e. The summed E-state index contributed by atoms with van der Waals surface area (Å²) in [5, 5.41) is 0. The predicted octanol–water partition coefficient (Wildman–Crippen LogP) is 3.77. The zero-order valence-corrected chi connectivity index (χ0v) is 14.4. The Balaban J connectivity index is 2.03. The van der Waals surface area contributed by atoms with Gasteiger partial charge < -0.3 is 10.6 Å². The highest BCUT2D eigenvalue weighted by molar-refractivity contribution is 9.11. The minimum atomic E-state index is 0.0147. The van der Waals surface area contributed by atoms with Gasteiger partial charge in [0.25, 0.3) is 0 Å². The van der Waals surface area contributed by atoms with Gasteiger partial charge in [-0.3, -0.25) is 4.79 Å². The topological polar surface area (TPSA) is 46.3 Å². The van der Waals surface area contributed by atoms with Crippen molar-refractivity contribution in [1.29, 1.82) is 0 Å². The maximum Gasteiger partial charge on any atom is 0.227 e. The van der Waals surface area contributed by atoms with Gasteiger partial charge in [0.05, 0.1) is 16.2 Å². The van der Waals surface area contributed by atoms with Crippen molar-refractivity contribution < 1.29 is 4.79 Å². The highest BCUT2D eigenvalue weighted by atomic mass is 79.9. The summed E-state index contributed by atoms with van der Waals surface area (Å²) in [7, 11) is 0. The zero-order chi connectivity index (χ0) is 14.5. The van der Waals surface area contributed by atoms with Crippen LogP contribution in [0, 0.1) is 5.92 Å². The molecule has 2 unspecified atom stereocenters. The largest absolute Gasteiger partial charge is 0.338 e. The maximum atomic E-state index is 12.7. The Hall–Kier alpha value is -0.390. The van der Waals surface area contributed by atoms with Crippen LogP contribution in [0.1, 0.15) is 43.9 Å². The average molecular weight is 359 g/mol. The van der Waals surface area contributed by atoms with Crippen molar-refractivity contribution in [3.63, 3.8) is 0 Å². The van der Waals surface area contributed by atoms with Gasteiger partial charge in [0.1, 0.15) is 0 Å². The van der Waals surface area contributed by atoms with Gasteiger partial charge in [-0.2, -0.15) is 0 Å². The Bertz CT molecular complexity index is 449. The van der Waals surface area contributed by atoms with Crippen molar-refractivity contribution in [2.45, 2.75) is 51.6 Å². The van der Waals surface area contributed by atoms with E-state index in [1.54, 1.807) is 11.3 Å². The van der Waals surface area contributed by atoms with Crippen LogP contribution in [0.4, 0.5) is 0 Å². The monoisotopic (exact) mass is 358 g/mol. The second kappa shape index (κ2) is 7.57. The first-order chi connectivity index (χ1) is 9.61. The predicted molar refractivity (Wildman–Crippen MR) is 87.7 cm³/mol. The third-order valence-electron chi connectivity index (χ3n) is 4.06. The molecule has 0 aromatic carbocycles. The molecular formula is C15H23BrN2OS. The molecule has 5 heteroatoms. The molecule has 20 heavy (non-hydrogen) atoms. The van der Waals surface area contributed by atoms with Crippen LogP contribution in [0.15, 0.2) is 15.9 Å². The molecular weight excluding hydrogens is 336 g/mol. The Kier molecular flexibility index (Phi) is 6.05. The zero-order valence-electron chi connectivity index (χ0n) is 12.0. The maximum absolute atomic E-state index is 12.7. The van der Waals surface area contributed by atoms with Gasteiger partial charge in [0.15, 0.2) is 0 Å². The Morgan fingerprint density at radius 1 is 1.40 bits per heavy atom. The van der Waals surface area contributed by atoms with Crippen LogP contribution in [0.2, 0.25) is 0 Å². The molecule has 1 aliphatic carbocycles. The Labute approximate surface area is 133 Å². The molecule has 1 saturated carbocycles. The number of halogens is 1. The van der Waals surface area contributed by atoms with Gasteiger partial charge in [-0.05, 0) is 47.8 Å². The van der Waals surface area contributed by atoms with Crippen LogP contribution >= 0.6 is 27.3 Å². The molecule has 112 valence electrons. The first-order valence-corrected chi connectivity index (χ1v) is 9.01. The molecule has 0 radical (unpaired) electrons. The lowest BCUT2D eigenvalue weighted by Crippen LogP contribution is -2.43. The summed E-state index contributed by atoms with van der Waals surface area (Å²) in [6, 6.07) is 4.15. The molecule has 1 heterocycles. The number of carbonyl (C=O) groups is 1. The van der Waals surface area contributed by atoms with Crippen LogP contribution in [0.25, 0.3) is 0 Å². The summed E-state index contributed by atoms with van der Waals surface area (Å²) in [4.78, 5) is 15.9. The second-order valence-corrected chi connectivity index (χ2v) is 8.01. The van der Waals surface area contributed by atoms with E-state index in [4.69, 9.17) is 5.73 Å². The second-order valence-electron chi connectivity index (χ2n) is 5.47. The lowest BCUT2D eigenvalue weighted by atomic mass is 9.94. The van der Waals surface area contributed by atoms with Gasteiger partial charge in [-0.1, -0.05) is 19.3 Å². The van der Waals surface area contributed by atoms with E-state index >= 15 is 0 Å². The molecule has 0 spiro atoms. The van der Waals surface area contributed by atoms with E-state index in [2.05, 4.69) is 22.0 Å². The van der Waals surface area contributed by atoms with E-state index in [0.717, 1.165) is 36.0 Å². The molecule has 0 saturated heterocycles. The average Bonchev–Trinajstić information content (AvgIpc) is 2.71. The highest BCUT2D eigenvalue weighted by Crippen LogP contribution is 2.27. The normalized spacial score (nSPS) is 23.4. The summed E-state index contributed by atoms with van der Waals surface area (Å²) >= 11 is 5.16. The quantitative estimate of drug-likeness (QED) is 0.832. The Morgan fingerprint density at radius 2 is 2.15 bits per heavy atom. The number of carbonyl (C=O) groups excluding carboxylic acids is 1. The van der Waals surface area contributed by atoms with Crippen LogP contribution in [0.5, 0.6) is 0 Å². The van der Waals surface area contributed by atoms with Crippen LogP contribution in [-0.2, 0) is 11.3 Å². The molecule has 2 N–H and O–H groups in total. The summed E-state index contributed by atoms with van der Waals surface area (Å²) in [6.07, 6.45) is 5.44. The van der Waals surface area contributed by atoms with Gasteiger partial charge in [-0.25, -0.2) is 0 Å². The van der Waals surface area contributed by atoms with Crippen molar-refractivity contribution in [2.75, 3.05) is 6.54 Å². The summed E-state index contributed by atoms with van der Waals surface area (Å²) in [5.74, 6) is 0.257. The third kappa shape index (κ3) is 4.06. The molecule has 0 bridgehead atoms. The number of thiophene rings is 1. The molecule has 2 rings (SSSR count). The van der Waals surface area contributed by atoms with Gasteiger partial charge >= 0.3 is 0 Å². The molecule has 2 atom stereocenters. The standard InChI is InChI=1S/C15H23BrN2OS/c1-2-18(10-11-8-9-14(16)20-11)15(19)12-6-4-3-5-7-13(12)17/h8-9,12-13H,2-7,10,17H2,1H3. The number of rotatable bonds is 4. The summed E-state index contributed by atoms with van der Waals surface area (Å²) in [6.45, 7) is 3.50. The fraction of sp³-hybridized carbons (Fsp3) is 0.667. The molecule has 0 aliphatic heterocycles.